The van der Waals surface area contributed by atoms with E-state index in [0.29, 0.717) is 11.6 Å². The number of aryl methyl sites for hydroxylation is 5. The molecule has 0 unspecified atom stereocenters. The predicted molar refractivity (Wildman–Crippen MR) is 160 cm³/mol. The Balaban J connectivity index is 0.000000200. The standard InChI is InChI=1S/C21H19N2O.C14H14N.Ir/c1-12(2)18-10-19(22-11-13(18)3)17-7-5-6-15-16-9-8-14(4)23-21(16)24-20(15)17;1-10-4-6-13(7-5-10)14-8-11(2)12(3)9-15-14;/h5-6,8-12H,1-4H3;4-6,8-9H,1-3H3;/q2*-1;. The van der Waals surface area contributed by atoms with Crippen LogP contribution in [0.3, 0.4) is 0 Å². The Labute approximate surface area is 250 Å². The first-order chi connectivity index (χ1) is 18.7. The van der Waals surface area contributed by atoms with E-state index in [-0.39, 0.29) is 20.1 Å². The topological polar surface area (TPSA) is 51.8 Å². The van der Waals surface area contributed by atoms with Gasteiger partial charge in [-0.3, -0.25) is 0 Å². The SMILES string of the molecule is Cc1c[c-]c(-c2cc(C)c(C)cn2)cc1.Cc1ccc2c(n1)oc1c(-c3cc(C(C)C)c(C)cn3)[c-]ccc12.[Ir]. The molecule has 4 nitrogen and oxygen atoms in total. The third kappa shape index (κ3) is 6.06. The van der Waals surface area contributed by atoms with E-state index in [0.717, 1.165) is 44.6 Å². The van der Waals surface area contributed by atoms with Crippen molar-refractivity contribution in [1.29, 1.82) is 0 Å². The molecular formula is C35H33IrN3O-2. The van der Waals surface area contributed by atoms with Gasteiger partial charge < -0.3 is 14.4 Å². The maximum absolute atomic E-state index is 6.07. The van der Waals surface area contributed by atoms with Crippen molar-refractivity contribution >= 4 is 22.1 Å². The van der Waals surface area contributed by atoms with E-state index in [4.69, 9.17) is 4.42 Å². The Morgan fingerprint density at radius 2 is 1.50 bits per heavy atom. The van der Waals surface area contributed by atoms with Crippen molar-refractivity contribution in [2.45, 2.75) is 54.4 Å². The van der Waals surface area contributed by atoms with Crippen molar-refractivity contribution in [3.05, 3.63) is 113 Å². The summed E-state index contributed by atoms with van der Waals surface area (Å²) in [5.41, 5.74) is 12.5. The summed E-state index contributed by atoms with van der Waals surface area (Å²) in [5, 5.41) is 2.08. The molecule has 0 saturated carbocycles. The Hall–Kier alpha value is -3.66. The van der Waals surface area contributed by atoms with Crippen LogP contribution in [0.15, 0.2) is 71.4 Å². The van der Waals surface area contributed by atoms with Crippen LogP contribution in [0, 0.1) is 46.8 Å². The fourth-order valence-electron chi connectivity index (χ4n) is 4.64. The molecule has 0 spiro atoms. The molecule has 4 aromatic heterocycles. The molecule has 5 heteroatoms. The first kappa shape index (κ1) is 29.3. The number of hydrogen-bond donors (Lipinski definition) is 0. The molecule has 6 rings (SSSR count). The Kier molecular flexibility index (Phi) is 8.98. The minimum atomic E-state index is 0. The van der Waals surface area contributed by atoms with E-state index in [1.807, 2.05) is 43.6 Å². The summed E-state index contributed by atoms with van der Waals surface area (Å²) in [6, 6.07) is 25.0. The third-order valence-corrected chi connectivity index (χ3v) is 7.08. The summed E-state index contributed by atoms with van der Waals surface area (Å²) < 4.78 is 6.07. The van der Waals surface area contributed by atoms with Gasteiger partial charge in [-0.25, -0.2) is 4.98 Å². The zero-order chi connectivity index (χ0) is 27.7. The molecule has 1 radical (unpaired) electrons. The van der Waals surface area contributed by atoms with E-state index in [1.165, 1.54) is 27.8 Å². The Morgan fingerprint density at radius 3 is 2.20 bits per heavy atom. The zero-order valence-corrected chi connectivity index (χ0v) is 26.4. The number of rotatable bonds is 3. The second kappa shape index (κ2) is 12.2. The van der Waals surface area contributed by atoms with Gasteiger partial charge in [-0.2, -0.15) is 0 Å². The van der Waals surface area contributed by atoms with Crippen LogP contribution in [0.5, 0.6) is 0 Å². The van der Waals surface area contributed by atoms with E-state index in [1.54, 1.807) is 0 Å². The quantitative estimate of drug-likeness (QED) is 0.173. The molecule has 6 aromatic rings. The van der Waals surface area contributed by atoms with Crippen LogP contribution < -0.4 is 0 Å². The fourth-order valence-corrected chi connectivity index (χ4v) is 4.64. The second-order valence-electron chi connectivity index (χ2n) is 10.5. The van der Waals surface area contributed by atoms with E-state index >= 15 is 0 Å². The largest absolute Gasteiger partial charge is 0.486 e. The molecule has 0 amide bonds. The van der Waals surface area contributed by atoms with Crippen LogP contribution in [0.2, 0.25) is 0 Å². The van der Waals surface area contributed by atoms with Crippen LogP contribution in [-0.4, -0.2) is 15.0 Å². The third-order valence-electron chi connectivity index (χ3n) is 7.08. The number of furan rings is 1. The van der Waals surface area contributed by atoms with Crippen molar-refractivity contribution in [2.24, 2.45) is 0 Å². The molecule has 205 valence electrons. The first-order valence-corrected chi connectivity index (χ1v) is 13.3. The minimum Gasteiger partial charge on any atom is -0.486 e. The van der Waals surface area contributed by atoms with Gasteiger partial charge in [0.2, 0.25) is 5.71 Å². The van der Waals surface area contributed by atoms with E-state index in [9.17, 15) is 0 Å². The number of benzene rings is 2. The van der Waals surface area contributed by atoms with Crippen LogP contribution in [0.25, 0.3) is 44.6 Å². The monoisotopic (exact) mass is 704 g/mol. The minimum absolute atomic E-state index is 0. The molecule has 0 fully saturated rings. The maximum atomic E-state index is 6.07. The van der Waals surface area contributed by atoms with Gasteiger partial charge in [-0.15, -0.1) is 53.6 Å². The fraction of sp³-hybridized carbons (Fsp3) is 0.229. The Bertz CT molecular complexity index is 1790. The summed E-state index contributed by atoms with van der Waals surface area (Å²) in [6.45, 7) is 14.7. The summed E-state index contributed by atoms with van der Waals surface area (Å²) in [6.07, 6.45) is 3.85. The molecule has 2 aromatic carbocycles. The summed E-state index contributed by atoms with van der Waals surface area (Å²) in [7, 11) is 0. The first-order valence-electron chi connectivity index (χ1n) is 13.3. The molecule has 0 atom stereocenters. The molecular weight excluding hydrogens is 671 g/mol. The van der Waals surface area contributed by atoms with Crippen molar-refractivity contribution in [2.75, 3.05) is 0 Å². The number of fused-ring (bicyclic) bond motifs is 3. The Morgan fingerprint density at radius 1 is 0.750 bits per heavy atom. The van der Waals surface area contributed by atoms with Crippen molar-refractivity contribution < 1.29 is 24.5 Å². The van der Waals surface area contributed by atoms with Crippen molar-refractivity contribution in [3.63, 3.8) is 0 Å². The maximum Gasteiger partial charge on any atom is 0.216 e. The van der Waals surface area contributed by atoms with Gasteiger partial charge in [0.15, 0.2) is 0 Å². The van der Waals surface area contributed by atoms with E-state index in [2.05, 4.69) is 99.0 Å². The van der Waals surface area contributed by atoms with Gasteiger partial charge in [0.1, 0.15) is 0 Å². The number of pyridine rings is 3. The molecule has 0 aliphatic rings. The van der Waals surface area contributed by atoms with Crippen LogP contribution in [0.1, 0.15) is 53.3 Å². The average Bonchev–Trinajstić information content (AvgIpc) is 3.29. The molecule has 4 heterocycles. The predicted octanol–water partition coefficient (Wildman–Crippen LogP) is 9.05. The van der Waals surface area contributed by atoms with Crippen LogP contribution in [0.4, 0.5) is 0 Å². The molecule has 0 bridgehead atoms. The number of hydrogen-bond acceptors (Lipinski definition) is 4. The molecule has 0 aliphatic heterocycles. The summed E-state index contributed by atoms with van der Waals surface area (Å²) in [4.78, 5) is 13.5. The average molecular weight is 704 g/mol. The summed E-state index contributed by atoms with van der Waals surface area (Å²) in [5.74, 6) is 0.450. The van der Waals surface area contributed by atoms with Crippen LogP contribution in [-0.2, 0) is 20.1 Å². The summed E-state index contributed by atoms with van der Waals surface area (Å²) >= 11 is 0. The van der Waals surface area contributed by atoms with E-state index < -0.39 is 0 Å². The molecule has 0 saturated heterocycles. The van der Waals surface area contributed by atoms with Gasteiger partial charge in [-0.1, -0.05) is 49.4 Å². The second-order valence-corrected chi connectivity index (χ2v) is 10.5. The smallest absolute Gasteiger partial charge is 0.216 e. The molecule has 0 aliphatic carbocycles. The van der Waals surface area contributed by atoms with Crippen LogP contribution >= 0.6 is 0 Å². The zero-order valence-electron chi connectivity index (χ0n) is 24.0. The number of nitrogens with zero attached hydrogens (tertiary/aromatic N) is 3. The molecule has 0 N–H and O–H groups in total. The molecule has 40 heavy (non-hydrogen) atoms. The van der Waals surface area contributed by atoms with Gasteiger partial charge in [-0.05, 0) is 73.8 Å². The van der Waals surface area contributed by atoms with Crippen molar-refractivity contribution in [1.82, 2.24) is 15.0 Å². The van der Waals surface area contributed by atoms with Gasteiger partial charge in [0, 0.05) is 43.6 Å². The van der Waals surface area contributed by atoms with Gasteiger partial charge in [0.05, 0.1) is 5.58 Å². The van der Waals surface area contributed by atoms with Crippen molar-refractivity contribution in [3.8, 4) is 22.5 Å². The van der Waals surface area contributed by atoms with Gasteiger partial charge in [0.25, 0.3) is 0 Å². The normalized spacial score (nSPS) is 10.9. The van der Waals surface area contributed by atoms with Gasteiger partial charge >= 0.3 is 0 Å². The number of aromatic nitrogens is 3.